The summed E-state index contributed by atoms with van der Waals surface area (Å²) in [5, 5.41) is 2.81. The molecule has 0 fully saturated rings. The maximum absolute atomic E-state index is 14.1. The van der Waals surface area contributed by atoms with Gasteiger partial charge in [-0.15, -0.1) is 0 Å². The molecule has 0 bridgehead atoms. The van der Waals surface area contributed by atoms with Gasteiger partial charge < -0.3 is 15.0 Å². The number of sulfonamides is 1. The van der Waals surface area contributed by atoms with Gasteiger partial charge in [0.15, 0.2) is 0 Å². The third-order valence-corrected chi connectivity index (χ3v) is 8.33. The van der Waals surface area contributed by atoms with E-state index in [4.69, 9.17) is 4.74 Å². The number of likely N-dealkylation sites (N-methyl/N-ethyl adjacent to an activating group) is 1. The standard InChI is InChI=1S/C30H37N3O5S/c1-6-26(30(35)31-7-2)32(20-24-14-12-11-13-23(24)4)29(34)21-33(27-19-22(3)17-18-28(27)38-5)39(36,37)25-15-9-8-10-16-25/h8-19,26H,6-7,20-21H2,1-5H3,(H,31,35)/t26-/m0/s1. The number of nitrogens with zero attached hydrogens (tertiary/aromatic N) is 2. The minimum absolute atomic E-state index is 0.0441. The highest BCUT2D eigenvalue weighted by atomic mass is 32.2. The summed E-state index contributed by atoms with van der Waals surface area (Å²) in [6.45, 7) is 7.48. The van der Waals surface area contributed by atoms with Gasteiger partial charge in [-0.2, -0.15) is 0 Å². The summed E-state index contributed by atoms with van der Waals surface area (Å²) in [6, 6.07) is 20.0. The van der Waals surface area contributed by atoms with Crippen LogP contribution in [0.15, 0.2) is 77.7 Å². The predicted molar refractivity (Wildman–Crippen MR) is 153 cm³/mol. The van der Waals surface area contributed by atoms with E-state index >= 15 is 0 Å². The van der Waals surface area contributed by atoms with Gasteiger partial charge in [0.1, 0.15) is 18.3 Å². The smallest absolute Gasteiger partial charge is 0.264 e. The second-order valence-electron chi connectivity index (χ2n) is 9.27. The Balaban J connectivity index is 2.13. The highest BCUT2D eigenvalue weighted by Gasteiger charge is 2.34. The molecule has 0 aromatic heterocycles. The second kappa shape index (κ2) is 13.3. The van der Waals surface area contributed by atoms with E-state index in [9.17, 15) is 18.0 Å². The fourth-order valence-electron chi connectivity index (χ4n) is 4.41. The number of aryl methyl sites for hydroxylation is 2. The van der Waals surface area contributed by atoms with Crippen molar-refractivity contribution in [3.05, 3.63) is 89.5 Å². The van der Waals surface area contributed by atoms with Crippen LogP contribution in [0.4, 0.5) is 5.69 Å². The van der Waals surface area contributed by atoms with Crippen LogP contribution >= 0.6 is 0 Å². The lowest BCUT2D eigenvalue weighted by molar-refractivity contribution is -0.140. The van der Waals surface area contributed by atoms with Crippen LogP contribution in [0.2, 0.25) is 0 Å². The number of benzene rings is 3. The molecule has 0 heterocycles. The van der Waals surface area contributed by atoms with Gasteiger partial charge in [0.05, 0.1) is 17.7 Å². The van der Waals surface area contributed by atoms with E-state index in [2.05, 4.69) is 5.32 Å². The average molecular weight is 552 g/mol. The number of hydrogen-bond donors (Lipinski definition) is 1. The number of amides is 2. The third-order valence-electron chi connectivity index (χ3n) is 6.55. The molecule has 39 heavy (non-hydrogen) atoms. The fraction of sp³-hybridized carbons (Fsp3) is 0.333. The molecule has 3 aromatic rings. The quantitative estimate of drug-likeness (QED) is 0.359. The molecule has 8 nitrogen and oxygen atoms in total. The Labute approximate surface area is 231 Å². The molecular formula is C30H37N3O5S. The van der Waals surface area contributed by atoms with Crippen LogP contribution in [-0.4, -0.2) is 51.4 Å². The van der Waals surface area contributed by atoms with Crippen molar-refractivity contribution >= 4 is 27.5 Å². The molecule has 0 radical (unpaired) electrons. The van der Waals surface area contributed by atoms with E-state index in [1.807, 2.05) is 58.0 Å². The van der Waals surface area contributed by atoms with Gasteiger partial charge in [-0.3, -0.25) is 13.9 Å². The number of carbonyl (C=O) groups excluding carboxylic acids is 2. The molecule has 9 heteroatoms. The first-order chi connectivity index (χ1) is 18.6. The van der Waals surface area contributed by atoms with Crippen molar-refractivity contribution in [3.8, 4) is 5.75 Å². The molecule has 0 saturated carbocycles. The number of carbonyl (C=O) groups is 2. The molecule has 0 unspecified atom stereocenters. The maximum Gasteiger partial charge on any atom is 0.264 e. The predicted octanol–water partition coefficient (Wildman–Crippen LogP) is 4.45. The molecule has 3 rings (SSSR count). The monoisotopic (exact) mass is 551 g/mol. The van der Waals surface area contributed by atoms with Crippen molar-refractivity contribution in [2.45, 2.75) is 51.6 Å². The van der Waals surface area contributed by atoms with Gasteiger partial charge in [0, 0.05) is 13.1 Å². The lowest BCUT2D eigenvalue weighted by Crippen LogP contribution is -2.52. The van der Waals surface area contributed by atoms with E-state index < -0.39 is 28.5 Å². The van der Waals surface area contributed by atoms with Gasteiger partial charge in [-0.05, 0) is 68.1 Å². The molecule has 0 saturated heterocycles. The lowest BCUT2D eigenvalue weighted by Gasteiger charge is -2.33. The summed E-state index contributed by atoms with van der Waals surface area (Å²) in [7, 11) is -2.72. The van der Waals surface area contributed by atoms with E-state index in [-0.39, 0.29) is 23.0 Å². The van der Waals surface area contributed by atoms with Crippen LogP contribution in [-0.2, 0) is 26.2 Å². The molecule has 1 atom stereocenters. The second-order valence-corrected chi connectivity index (χ2v) is 11.1. The molecule has 0 aliphatic heterocycles. The van der Waals surface area contributed by atoms with Crippen LogP contribution < -0.4 is 14.4 Å². The van der Waals surface area contributed by atoms with Crippen molar-refractivity contribution in [2.75, 3.05) is 24.5 Å². The largest absolute Gasteiger partial charge is 0.495 e. The molecule has 208 valence electrons. The number of ether oxygens (including phenoxy) is 1. The van der Waals surface area contributed by atoms with Gasteiger partial charge in [0.2, 0.25) is 11.8 Å². The summed E-state index contributed by atoms with van der Waals surface area (Å²) < 4.78 is 34.5. The van der Waals surface area contributed by atoms with E-state index in [1.54, 1.807) is 30.3 Å². The Bertz CT molecular complexity index is 1390. The molecule has 0 spiro atoms. The SMILES string of the molecule is CCNC(=O)[C@H](CC)N(Cc1ccccc1C)C(=O)CN(c1cc(C)ccc1OC)S(=O)(=O)c1ccccc1. The zero-order chi connectivity index (χ0) is 28.6. The van der Waals surface area contributed by atoms with E-state index in [0.717, 1.165) is 21.0 Å². The first-order valence-corrected chi connectivity index (χ1v) is 14.4. The minimum atomic E-state index is -4.17. The van der Waals surface area contributed by atoms with Crippen molar-refractivity contribution in [3.63, 3.8) is 0 Å². The summed E-state index contributed by atoms with van der Waals surface area (Å²) >= 11 is 0. The summed E-state index contributed by atoms with van der Waals surface area (Å²) in [5.41, 5.74) is 2.89. The Morgan fingerprint density at radius 3 is 2.23 bits per heavy atom. The molecule has 1 N–H and O–H groups in total. The van der Waals surface area contributed by atoms with Crippen molar-refractivity contribution in [1.29, 1.82) is 0 Å². The molecule has 0 aliphatic rings. The Kier molecular flexibility index (Phi) is 10.1. The van der Waals surface area contributed by atoms with Gasteiger partial charge in [-0.25, -0.2) is 8.42 Å². The number of rotatable bonds is 12. The number of nitrogens with one attached hydrogen (secondary N) is 1. The number of methoxy groups -OCH3 is 1. The van der Waals surface area contributed by atoms with Crippen LogP contribution in [0, 0.1) is 13.8 Å². The fourth-order valence-corrected chi connectivity index (χ4v) is 5.85. The molecule has 3 aromatic carbocycles. The Hall–Kier alpha value is -3.85. The van der Waals surface area contributed by atoms with Crippen molar-refractivity contribution in [1.82, 2.24) is 10.2 Å². The highest BCUT2D eigenvalue weighted by Crippen LogP contribution is 2.33. The zero-order valence-corrected chi connectivity index (χ0v) is 24.0. The highest BCUT2D eigenvalue weighted by molar-refractivity contribution is 7.92. The van der Waals surface area contributed by atoms with Crippen molar-refractivity contribution in [2.24, 2.45) is 0 Å². The Morgan fingerprint density at radius 1 is 0.949 bits per heavy atom. The lowest BCUT2D eigenvalue weighted by atomic mass is 10.1. The summed E-state index contributed by atoms with van der Waals surface area (Å²) in [5.74, 6) is -0.471. The van der Waals surface area contributed by atoms with Gasteiger partial charge in [0.25, 0.3) is 10.0 Å². The average Bonchev–Trinajstić information content (AvgIpc) is 2.93. The van der Waals surface area contributed by atoms with Crippen LogP contribution in [0.5, 0.6) is 5.75 Å². The van der Waals surface area contributed by atoms with Gasteiger partial charge >= 0.3 is 0 Å². The van der Waals surface area contributed by atoms with Crippen LogP contribution in [0.1, 0.15) is 37.0 Å². The van der Waals surface area contributed by atoms with Crippen LogP contribution in [0.25, 0.3) is 0 Å². The topological polar surface area (TPSA) is 96.0 Å². The summed E-state index contributed by atoms with van der Waals surface area (Å²) in [6.07, 6.45) is 0.364. The van der Waals surface area contributed by atoms with Crippen molar-refractivity contribution < 1.29 is 22.7 Å². The number of hydrogen-bond acceptors (Lipinski definition) is 5. The third kappa shape index (κ3) is 6.97. The number of anilines is 1. The molecule has 2 amide bonds. The first-order valence-electron chi connectivity index (χ1n) is 13.0. The Morgan fingerprint density at radius 2 is 1.62 bits per heavy atom. The molecule has 0 aliphatic carbocycles. The normalized spacial score (nSPS) is 11.9. The molecular weight excluding hydrogens is 514 g/mol. The first kappa shape index (κ1) is 29.7. The maximum atomic E-state index is 14.1. The summed E-state index contributed by atoms with van der Waals surface area (Å²) in [4.78, 5) is 28.7. The van der Waals surface area contributed by atoms with Crippen LogP contribution in [0.3, 0.4) is 0 Å². The van der Waals surface area contributed by atoms with E-state index in [0.29, 0.717) is 18.7 Å². The zero-order valence-electron chi connectivity index (χ0n) is 23.2. The minimum Gasteiger partial charge on any atom is -0.495 e. The van der Waals surface area contributed by atoms with Gasteiger partial charge in [-0.1, -0.05) is 55.5 Å². The van der Waals surface area contributed by atoms with E-state index in [1.165, 1.54) is 24.1 Å².